The van der Waals surface area contributed by atoms with E-state index >= 15 is 0 Å². The maximum absolute atomic E-state index is 13.1. The SMILES string of the molecule is CC(C)n1nc(N2CCN(Cc3ccc4c(c3)CN(C3CCC(=O)NC3=O)C4=O)CC2)c2cnc(Nc3ccnc(-c4cnn(S(=O)[O-])c4)n3)cc21. The van der Waals surface area contributed by atoms with Gasteiger partial charge in [0, 0.05) is 75.8 Å². The largest absolute Gasteiger partial charge is 0.754 e. The van der Waals surface area contributed by atoms with Crippen LogP contribution in [0.15, 0.2) is 55.1 Å². The van der Waals surface area contributed by atoms with Crippen LogP contribution in [0.4, 0.5) is 17.5 Å². The topological polar surface area (TPSA) is 199 Å². The number of imide groups is 1. The van der Waals surface area contributed by atoms with E-state index in [0.29, 0.717) is 41.6 Å². The van der Waals surface area contributed by atoms with Gasteiger partial charge in [-0.2, -0.15) is 14.3 Å². The number of carbonyl (C=O) groups is 3. The van der Waals surface area contributed by atoms with Crippen molar-refractivity contribution in [1.82, 2.24) is 49.0 Å². The number of amides is 3. The van der Waals surface area contributed by atoms with Crippen molar-refractivity contribution < 1.29 is 23.1 Å². The normalized spacial score (nSPS) is 18.7. The molecule has 2 unspecified atom stereocenters. The van der Waals surface area contributed by atoms with Crippen LogP contribution >= 0.6 is 0 Å². The average Bonchev–Trinajstić information content (AvgIpc) is 3.85. The molecule has 0 bridgehead atoms. The smallest absolute Gasteiger partial charge is 0.255 e. The van der Waals surface area contributed by atoms with Gasteiger partial charge in [-0.15, -0.1) is 0 Å². The fourth-order valence-electron chi connectivity index (χ4n) is 7.01. The first kappa shape index (κ1) is 33.5. The maximum Gasteiger partial charge on any atom is 0.255 e. The molecular formula is C34H35N12O5S-. The van der Waals surface area contributed by atoms with Gasteiger partial charge in [-0.25, -0.2) is 15.0 Å². The number of hydrogen-bond donors (Lipinski definition) is 2. The fraction of sp³-hybridized carbons (Fsp3) is 0.353. The molecule has 0 saturated carbocycles. The molecule has 3 amide bonds. The molecule has 18 heteroatoms. The van der Waals surface area contributed by atoms with E-state index in [4.69, 9.17) is 5.10 Å². The molecule has 2 N–H and O–H groups in total. The number of hydrogen-bond acceptors (Lipinski definition) is 13. The molecule has 3 aliphatic heterocycles. The molecule has 2 saturated heterocycles. The lowest BCUT2D eigenvalue weighted by molar-refractivity contribution is -0.136. The molecule has 52 heavy (non-hydrogen) atoms. The second-order valence-electron chi connectivity index (χ2n) is 13.3. The molecule has 0 spiro atoms. The molecule has 8 rings (SSSR count). The molecule has 5 aromatic rings. The minimum Gasteiger partial charge on any atom is -0.754 e. The van der Waals surface area contributed by atoms with Gasteiger partial charge < -0.3 is 19.7 Å². The Morgan fingerprint density at radius 3 is 2.62 bits per heavy atom. The Morgan fingerprint density at radius 2 is 1.87 bits per heavy atom. The lowest BCUT2D eigenvalue weighted by Crippen LogP contribution is -2.52. The van der Waals surface area contributed by atoms with Gasteiger partial charge in [-0.1, -0.05) is 12.1 Å². The van der Waals surface area contributed by atoms with Crippen molar-refractivity contribution in [3.8, 4) is 11.4 Å². The summed E-state index contributed by atoms with van der Waals surface area (Å²) in [6.07, 6.45) is 6.70. The monoisotopic (exact) mass is 723 g/mol. The second kappa shape index (κ2) is 13.5. The van der Waals surface area contributed by atoms with Gasteiger partial charge in [0.15, 0.2) is 11.6 Å². The number of pyridine rings is 1. The number of carbonyl (C=O) groups excluding carboxylic acids is 3. The molecule has 0 radical (unpaired) electrons. The summed E-state index contributed by atoms with van der Waals surface area (Å²) >= 11 is -2.52. The highest BCUT2D eigenvalue weighted by Gasteiger charge is 2.39. The first-order chi connectivity index (χ1) is 25.1. The third kappa shape index (κ3) is 6.39. The average molecular weight is 724 g/mol. The molecule has 2 atom stereocenters. The predicted octanol–water partition coefficient (Wildman–Crippen LogP) is 2.13. The third-order valence-corrected chi connectivity index (χ3v) is 10.1. The predicted molar refractivity (Wildman–Crippen MR) is 189 cm³/mol. The van der Waals surface area contributed by atoms with E-state index in [9.17, 15) is 23.1 Å². The molecule has 2 fully saturated rings. The molecule has 4 aromatic heterocycles. The van der Waals surface area contributed by atoms with Crippen LogP contribution in [0.2, 0.25) is 0 Å². The van der Waals surface area contributed by atoms with Crippen molar-refractivity contribution in [2.24, 2.45) is 0 Å². The Hall–Kier alpha value is -5.59. The van der Waals surface area contributed by atoms with Crippen molar-refractivity contribution in [3.05, 3.63) is 71.8 Å². The lowest BCUT2D eigenvalue weighted by Gasteiger charge is -2.35. The van der Waals surface area contributed by atoms with E-state index in [1.807, 2.05) is 29.1 Å². The van der Waals surface area contributed by atoms with E-state index in [1.54, 1.807) is 17.2 Å². The van der Waals surface area contributed by atoms with Crippen molar-refractivity contribution >= 4 is 57.3 Å². The highest BCUT2D eigenvalue weighted by molar-refractivity contribution is 7.77. The molecule has 0 aliphatic carbocycles. The number of rotatable bonds is 9. The van der Waals surface area contributed by atoms with Crippen LogP contribution in [-0.4, -0.2) is 102 Å². The van der Waals surface area contributed by atoms with Gasteiger partial charge in [0.2, 0.25) is 11.8 Å². The zero-order valence-electron chi connectivity index (χ0n) is 28.4. The summed E-state index contributed by atoms with van der Waals surface area (Å²) in [5, 5.41) is 15.4. The number of aromatic nitrogens is 7. The zero-order valence-corrected chi connectivity index (χ0v) is 29.2. The lowest BCUT2D eigenvalue weighted by atomic mass is 10.0. The van der Waals surface area contributed by atoms with E-state index in [0.717, 1.165) is 64.7 Å². The summed E-state index contributed by atoms with van der Waals surface area (Å²) in [5.74, 6) is 1.39. The quantitative estimate of drug-likeness (QED) is 0.166. The number of fused-ring (bicyclic) bond motifs is 2. The number of nitrogens with one attached hydrogen (secondary N) is 2. The van der Waals surface area contributed by atoms with E-state index < -0.39 is 23.2 Å². The Balaban J connectivity index is 0.933. The number of piperazine rings is 1. The van der Waals surface area contributed by atoms with E-state index in [2.05, 4.69) is 60.4 Å². The van der Waals surface area contributed by atoms with Gasteiger partial charge in [0.25, 0.3) is 5.91 Å². The maximum atomic E-state index is 13.1. The highest BCUT2D eigenvalue weighted by Crippen LogP contribution is 2.32. The van der Waals surface area contributed by atoms with Crippen molar-refractivity contribution in [2.75, 3.05) is 36.4 Å². The Morgan fingerprint density at radius 1 is 1.04 bits per heavy atom. The van der Waals surface area contributed by atoms with Crippen LogP contribution < -0.4 is 15.5 Å². The van der Waals surface area contributed by atoms with Gasteiger partial charge in [0.1, 0.15) is 17.7 Å². The van der Waals surface area contributed by atoms with Crippen molar-refractivity contribution in [2.45, 2.75) is 51.9 Å². The van der Waals surface area contributed by atoms with Crippen LogP contribution in [0.25, 0.3) is 22.3 Å². The summed E-state index contributed by atoms with van der Waals surface area (Å²) in [5.41, 5.74) is 4.01. The molecule has 7 heterocycles. The fourth-order valence-corrected chi connectivity index (χ4v) is 7.34. The Bertz CT molecular complexity index is 2240. The molecule has 17 nitrogen and oxygen atoms in total. The van der Waals surface area contributed by atoms with Crippen LogP contribution in [0.3, 0.4) is 0 Å². The highest BCUT2D eigenvalue weighted by atomic mass is 32.2. The van der Waals surface area contributed by atoms with Gasteiger partial charge in [0.05, 0.1) is 40.1 Å². The molecule has 1 aromatic carbocycles. The summed E-state index contributed by atoms with van der Waals surface area (Å²) in [7, 11) is 0. The number of nitrogens with zero attached hydrogens (tertiary/aromatic N) is 10. The standard InChI is InChI=1S/C34H36N12O5S/c1-20(2)46-27-14-29(38-28-7-8-35-31(39-28)23-15-37-45(19-23)52(50)51)36-16-25(27)32(41-46)43-11-9-42(10-12-43)17-21-3-4-24-22(13-21)18-44(34(24)49)26-5-6-30(47)40-33(26)48/h3-4,7-8,13-16,19-20,26H,5-6,9-12,17-18H2,1-2H3,(H,50,51)(H,40,47,48)(H,35,36,38,39)/p-1. The van der Waals surface area contributed by atoms with Crippen molar-refractivity contribution in [3.63, 3.8) is 0 Å². The Kier molecular flexibility index (Phi) is 8.72. The van der Waals surface area contributed by atoms with Crippen LogP contribution in [0.5, 0.6) is 0 Å². The third-order valence-electron chi connectivity index (χ3n) is 9.61. The zero-order chi connectivity index (χ0) is 36.1. The number of piperidine rings is 1. The van der Waals surface area contributed by atoms with Crippen LogP contribution in [0.1, 0.15) is 54.2 Å². The first-order valence-corrected chi connectivity index (χ1v) is 18.0. The summed E-state index contributed by atoms with van der Waals surface area (Å²) in [6, 6.07) is 9.03. The number of anilines is 3. The van der Waals surface area contributed by atoms with Crippen molar-refractivity contribution in [1.29, 1.82) is 0 Å². The second-order valence-corrected chi connectivity index (χ2v) is 14.2. The summed E-state index contributed by atoms with van der Waals surface area (Å²) in [6.45, 7) is 8.45. The Labute approximate surface area is 300 Å². The van der Waals surface area contributed by atoms with Gasteiger partial charge in [-0.05, 0) is 43.5 Å². The molecule has 268 valence electrons. The minimum absolute atomic E-state index is 0.0964. The van der Waals surface area contributed by atoms with E-state index in [-0.39, 0.29) is 24.3 Å². The molecule has 3 aliphatic rings. The van der Waals surface area contributed by atoms with Crippen LogP contribution in [0, 0.1) is 0 Å². The minimum atomic E-state index is -2.52. The number of benzene rings is 1. The molecular weight excluding hydrogens is 689 g/mol. The van der Waals surface area contributed by atoms with Gasteiger partial charge >= 0.3 is 0 Å². The van der Waals surface area contributed by atoms with Crippen LogP contribution in [-0.2, 0) is 33.9 Å². The summed E-state index contributed by atoms with van der Waals surface area (Å²) in [4.78, 5) is 56.9. The van der Waals surface area contributed by atoms with Gasteiger partial charge in [-0.3, -0.25) is 33.5 Å². The van der Waals surface area contributed by atoms with E-state index in [1.165, 1.54) is 12.4 Å². The first-order valence-electron chi connectivity index (χ1n) is 17.0. The summed E-state index contributed by atoms with van der Waals surface area (Å²) < 4.78 is 25.2.